The summed E-state index contributed by atoms with van der Waals surface area (Å²) >= 11 is 7.14. The molecule has 2 rings (SSSR count). The summed E-state index contributed by atoms with van der Waals surface area (Å²) in [5.41, 5.74) is 3.89. The average molecular weight is 387 g/mol. The molecule has 26 heavy (non-hydrogen) atoms. The van der Waals surface area contributed by atoms with Crippen molar-refractivity contribution in [3.05, 3.63) is 64.7 Å². The number of rotatable bonds is 6. The maximum atomic E-state index is 12.7. The number of carbonyl (C=O) groups excluding carboxylic acids is 1. The Kier molecular flexibility index (Phi) is 7.42. The SMILES string of the molecule is CCOC(=O)c1cc(C(C)C)cc(C(C)C)c1SC(=S)c1ccccc1. The molecule has 0 heterocycles. The van der Waals surface area contributed by atoms with Crippen LogP contribution in [0.5, 0.6) is 0 Å². The van der Waals surface area contributed by atoms with Crippen molar-refractivity contribution >= 4 is 34.1 Å². The summed E-state index contributed by atoms with van der Waals surface area (Å²) in [5.74, 6) is 0.332. The van der Waals surface area contributed by atoms with Gasteiger partial charge in [-0.1, -0.05) is 88.1 Å². The third-order valence-electron chi connectivity index (χ3n) is 4.13. The van der Waals surface area contributed by atoms with Crippen LogP contribution in [0.1, 0.15) is 73.5 Å². The summed E-state index contributed by atoms with van der Waals surface area (Å²) in [5, 5.41) is 0. The molecule has 0 saturated heterocycles. The van der Waals surface area contributed by atoms with Crippen LogP contribution in [0.25, 0.3) is 0 Å². The molecule has 138 valence electrons. The maximum absolute atomic E-state index is 12.7. The second-order valence-corrected chi connectivity index (χ2v) is 8.46. The van der Waals surface area contributed by atoms with E-state index in [1.165, 1.54) is 11.8 Å². The first-order valence-electron chi connectivity index (χ1n) is 8.97. The highest BCUT2D eigenvalue weighted by Gasteiger charge is 2.22. The van der Waals surface area contributed by atoms with Crippen LogP contribution in [-0.2, 0) is 4.74 Å². The van der Waals surface area contributed by atoms with Crippen molar-refractivity contribution in [2.24, 2.45) is 0 Å². The van der Waals surface area contributed by atoms with Gasteiger partial charge >= 0.3 is 5.97 Å². The van der Waals surface area contributed by atoms with Crippen LogP contribution in [-0.4, -0.2) is 16.8 Å². The van der Waals surface area contributed by atoms with Crippen molar-refractivity contribution in [2.75, 3.05) is 6.61 Å². The molecule has 0 bridgehead atoms. The molecule has 0 unspecified atom stereocenters. The van der Waals surface area contributed by atoms with E-state index in [0.717, 1.165) is 25.8 Å². The van der Waals surface area contributed by atoms with E-state index in [-0.39, 0.29) is 11.9 Å². The summed E-state index contributed by atoms with van der Waals surface area (Å²) in [6, 6.07) is 14.1. The van der Waals surface area contributed by atoms with Crippen molar-refractivity contribution in [2.45, 2.75) is 51.3 Å². The number of ether oxygens (including phenoxy) is 1. The minimum Gasteiger partial charge on any atom is -0.462 e. The molecule has 0 radical (unpaired) electrons. The zero-order valence-electron chi connectivity index (χ0n) is 16.0. The monoisotopic (exact) mass is 386 g/mol. The molecule has 0 fully saturated rings. The van der Waals surface area contributed by atoms with Crippen molar-refractivity contribution in [1.29, 1.82) is 0 Å². The molecule has 0 aliphatic carbocycles. The Balaban J connectivity index is 2.56. The van der Waals surface area contributed by atoms with Gasteiger partial charge in [0.25, 0.3) is 0 Å². The molecule has 2 nitrogen and oxygen atoms in total. The number of hydrogen-bond donors (Lipinski definition) is 0. The predicted octanol–water partition coefficient (Wildman–Crippen LogP) is 6.58. The molecule has 0 amide bonds. The molecule has 2 aromatic rings. The Bertz CT molecular complexity index is 780. The Morgan fingerprint density at radius 1 is 1.08 bits per heavy atom. The second kappa shape index (κ2) is 9.33. The lowest BCUT2D eigenvalue weighted by Crippen LogP contribution is -2.11. The molecular formula is C22H26O2S2. The standard InChI is InChI=1S/C22H26O2S2/c1-6-24-21(23)19-13-17(14(2)3)12-18(15(4)5)20(19)26-22(25)16-10-8-7-9-11-16/h7-15H,6H2,1-5H3. The van der Waals surface area contributed by atoms with Crippen molar-refractivity contribution in [1.82, 2.24) is 0 Å². The molecule has 0 aromatic heterocycles. The summed E-state index contributed by atoms with van der Waals surface area (Å²) in [7, 11) is 0. The van der Waals surface area contributed by atoms with Gasteiger partial charge in [0.05, 0.1) is 16.4 Å². The number of benzene rings is 2. The highest BCUT2D eigenvalue weighted by molar-refractivity contribution is 8.23. The fourth-order valence-corrected chi connectivity index (χ4v) is 4.13. The maximum Gasteiger partial charge on any atom is 0.339 e. The largest absolute Gasteiger partial charge is 0.462 e. The summed E-state index contributed by atoms with van der Waals surface area (Å²) < 4.78 is 6.09. The number of thiocarbonyl (C=S) groups is 1. The summed E-state index contributed by atoms with van der Waals surface area (Å²) in [4.78, 5) is 13.6. The second-order valence-electron chi connectivity index (χ2n) is 6.77. The van der Waals surface area contributed by atoms with Gasteiger partial charge in [0, 0.05) is 4.90 Å². The quantitative estimate of drug-likeness (QED) is 0.318. The molecule has 0 N–H and O–H groups in total. The van der Waals surface area contributed by atoms with Gasteiger partial charge in [0.1, 0.15) is 0 Å². The van der Waals surface area contributed by atoms with Crippen LogP contribution in [0.15, 0.2) is 47.4 Å². The number of carbonyl (C=O) groups is 1. The summed E-state index contributed by atoms with van der Waals surface area (Å²) in [6.07, 6.45) is 0. The van der Waals surface area contributed by atoms with Crippen LogP contribution in [0.3, 0.4) is 0 Å². The van der Waals surface area contributed by atoms with E-state index in [1.54, 1.807) is 0 Å². The van der Waals surface area contributed by atoms with Crippen LogP contribution < -0.4 is 0 Å². The van der Waals surface area contributed by atoms with Crippen molar-refractivity contribution in [3.63, 3.8) is 0 Å². The van der Waals surface area contributed by atoms with Crippen LogP contribution in [0.4, 0.5) is 0 Å². The molecule has 0 atom stereocenters. The van der Waals surface area contributed by atoms with Gasteiger partial charge in [-0.3, -0.25) is 0 Å². The van der Waals surface area contributed by atoms with Gasteiger partial charge in [-0.15, -0.1) is 0 Å². The van der Waals surface area contributed by atoms with Gasteiger partial charge < -0.3 is 4.74 Å². The first-order chi connectivity index (χ1) is 12.3. The minimum absolute atomic E-state index is 0.281. The topological polar surface area (TPSA) is 26.3 Å². The van der Waals surface area contributed by atoms with E-state index in [1.807, 2.05) is 43.3 Å². The Morgan fingerprint density at radius 2 is 1.73 bits per heavy atom. The Labute approximate surface area is 166 Å². The zero-order valence-corrected chi connectivity index (χ0v) is 17.7. The smallest absolute Gasteiger partial charge is 0.339 e. The van der Waals surface area contributed by atoms with E-state index < -0.39 is 0 Å². The highest BCUT2D eigenvalue weighted by Crippen LogP contribution is 2.37. The third-order valence-corrected chi connectivity index (χ3v) is 5.69. The van der Waals surface area contributed by atoms with Gasteiger partial charge in [-0.05, 0) is 41.5 Å². The lowest BCUT2D eigenvalue weighted by molar-refractivity contribution is 0.0522. The van der Waals surface area contributed by atoms with Gasteiger partial charge in [0.2, 0.25) is 0 Å². The fourth-order valence-electron chi connectivity index (χ4n) is 2.64. The first kappa shape index (κ1) is 20.7. The van der Waals surface area contributed by atoms with E-state index in [0.29, 0.717) is 18.1 Å². The van der Waals surface area contributed by atoms with Crippen LogP contribution in [0, 0.1) is 0 Å². The van der Waals surface area contributed by atoms with Crippen LogP contribution in [0.2, 0.25) is 0 Å². The minimum atomic E-state index is -0.282. The fraction of sp³-hybridized carbons (Fsp3) is 0.364. The summed E-state index contributed by atoms with van der Waals surface area (Å²) in [6.45, 7) is 10.7. The molecular weight excluding hydrogens is 360 g/mol. The van der Waals surface area contributed by atoms with Gasteiger partial charge in [-0.2, -0.15) is 0 Å². The van der Waals surface area contributed by atoms with E-state index in [2.05, 4.69) is 33.8 Å². The predicted molar refractivity (Wildman–Crippen MR) is 115 cm³/mol. The third kappa shape index (κ3) is 4.95. The number of hydrogen-bond acceptors (Lipinski definition) is 4. The zero-order chi connectivity index (χ0) is 19.3. The first-order valence-corrected chi connectivity index (χ1v) is 10.2. The molecule has 0 aliphatic heterocycles. The molecule has 0 aliphatic rings. The molecule has 4 heteroatoms. The van der Waals surface area contributed by atoms with E-state index in [9.17, 15) is 4.79 Å². The Morgan fingerprint density at radius 3 is 2.27 bits per heavy atom. The number of esters is 1. The van der Waals surface area contributed by atoms with Crippen LogP contribution >= 0.6 is 24.0 Å². The number of thioether (sulfide) groups is 1. The average Bonchev–Trinajstić information content (AvgIpc) is 2.62. The van der Waals surface area contributed by atoms with E-state index >= 15 is 0 Å². The Hall–Kier alpha value is -1.65. The molecule has 2 aromatic carbocycles. The van der Waals surface area contributed by atoms with Gasteiger partial charge in [0.15, 0.2) is 0 Å². The molecule has 0 spiro atoms. The lowest BCUT2D eigenvalue weighted by atomic mass is 9.93. The van der Waals surface area contributed by atoms with Crippen molar-refractivity contribution in [3.8, 4) is 0 Å². The highest BCUT2D eigenvalue weighted by atomic mass is 32.2. The van der Waals surface area contributed by atoms with Crippen molar-refractivity contribution < 1.29 is 9.53 Å². The van der Waals surface area contributed by atoms with Gasteiger partial charge in [-0.25, -0.2) is 4.79 Å². The van der Waals surface area contributed by atoms with E-state index in [4.69, 9.17) is 17.0 Å². The normalized spacial score (nSPS) is 11.0. The lowest BCUT2D eigenvalue weighted by Gasteiger charge is -2.20. The molecule has 0 saturated carbocycles.